The highest BCUT2D eigenvalue weighted by atomic mass is 16.5. The number of nitrogens with zero attached hydrogens (tertiary/aromatic N) is 2. The van der Waals surface area contributed by atoms with Crippen molar-refractivity contribution in [3.8, 4) is 11.3 Å². The van der Waals surface area contributed by atoms with Crippen LogP contribution in [-0.2, 0) is 6.42 Å². The van der Waals surface area contributed by atoms with Crippen LogP contribution in [0.3, 0.4) is 0 Å². The summed E-state index contributed by atoms with van der Waals surface area (Å²) in [5.41, 5.74) is 3.35. The Morgan fingerprint density at radius 2 is 1.92 bits per heavy atom. The average molecular weight is 343 g/mol. The predicted octanol–water partition coefficient (Wildman–Crippen LogP) is 3.86. The molecule has 0 aliphatic rings. The molecular formula is C21H17N3O2. The number of carbonyl (C=O) groups excluding carboxylic acids is 1. The van der Waals surface area contributed by atoms with Crippen molar-refractivity contribution in [3.63, 3.8) is 0 Å². The number of amides is 1. The molecule has 5 heteroatoms. The van der Waals surface area contributed by atoms with Crippen LogP contribution in [0.4, 0.5) is 0 Å². The lowest BCUT2D eigenvalue weighted by molar-refractivity contribution is 0.0954. The Hall–Kier alpha value is -3.47. The topological polar surface area (TPSA) is 68.0 Å². The summed E-state index contributed by atoms with van der Waals surface area (Å²) in [5.74, 6) is 0.557. The molecule has 2 aromatic carbocycles. The molecule has 4 aromatic rings. The van der Waals surface area contributed by atoms with E-state index in [1.165, 1.54) is 0 Å². The molecule has 26 heavy (non-hydrogen) atoms. The molecule has 0 aliphatic carbocycles. The average Bonchev–Trinajstić information content (AvgIpc) is 3.12. The van der Waals surface area contributed by atoms with Gasteiger partial charge in [-0.3, -0.25) is 9.78 Å². The van der Waals surface area contributed by atoms with Crippen LogP contribution in [0.15, 0.2) is 77.6 Å². The maximum Gasteiger partial charge on any atom is 0.251 e. The van der Waals surface area contributed by atoms with Crippen molar-refractivity contribution < 1.29 is 9.32 Å². The van der Waals surface area contributed by atoms with E-state index >= 15 is 0 Å². The Balaban J connectivity index is 1.52. The molecule has 0 aliphatic heterocycles. The molecule has 0 spiro atoms. The van der Waals surface area contributed by atoms with Crippen LogP contribution in [0.2, 0.25) is 0 Å². The summed E-state index contributed by atoms with van der Waals surface area (Å²) in [6.45, 7) is 0.553. The SMILES string of the molecule is O=C(NCCc1cccnc1)c1ccc2noc(-c3ccccc3)c2c1. The molecule has 0 saturated heterocycles. The van der Waals surface area contributed by atoms with Gasteiger partial charge in [0, 0.05) is 30.1 Å². The van der Waals surface area contributed by atoms with Gasteiger partial charge in [-0.15, -0.1) is 0 Å². The number of hydrogen-bond donors (Lipinski definition) is 1. The van der Waals surface area contributed by atoms with E-state index in [1.807, 2.05) is 54.7 Å². The number of pyridine rings is 1. The largest absolute Gasteiger partial charge is 0.355 e. The summed E-state index contributed by atoms with van der Waals surface area (Å²) in [6, 6.07) is 19.0. The van der Waals surface area contributed by atoms with Crippen LogP contribution < -0.4 is 5.32 Å². The van der Waals surface area contributed by atoms with Crippen molar-refractivity contribution in [2.75, 3.05) is 6.54 Å². The normalized spacial score (nSPS) is 10.8. The van der Waals surface area contributed by atoms with Crippen molar-refractivity contribution >= 4 is 16.8 Å². The second-order valence-corrected chi connectivity index (χ2v) is 5.98. The Bertz CT molecular complexity index is 1030. The van der Waals surface area contributed by atoms with Gasteiger partial charge in [0.25, 0.3) is 5.91 Å². The Morgan fingerprint density at radius 3 is 2.73 bits per heavy atom. The van der Waals surface area contributed by atoms with E-state index < -0.39 is 0 Å². The van der Waals surface area contributed by atoms with E-state index in [1.54, 1.807) is 18.3 Å². The van der Waals surface area contributed by atoms with Crippen molar-refractivity contribution in [1.29, 1.82) is 0 Å². The van der Waals surface area contributed by atoms with E-state index in [0.29, 0.717) is 17.9 Å². The fourth-order valence-corrected chi connectivity index (χ4v) is 2.85. The second kappa shape index (κ2) is 7.19. The molecule has 2 heterocycles. The zero-order valence-corrected chi connectivity index (χ0v) is 14.1. The summed E-state index contributed by atoms with van der Waals surface area (Å²) in [5, 5.41) is 7.86. The third-order valence-electron chi connectivity index (χ3n) is 4.20. The molecule has 2 aromatic heterocycles. The van der Waals surface area contributed by atoms with Crippen LogP contribution in [0.1, 0.15) is 15.9 Å². The third-order valence-corrected chi connectivity index (χ3v) is 4.20. The van der Waals surface area contributed by atoms with Crippen molar-refractivity contribution in [1.82, 2.24) is 15.5 Å². The highest BCUT2D eigenvalue weighted by Crippen LogP contribution is 2.29. The molecule has 1 amide bonds. The molecular weight excluding hydrogens is 326 g/mol. The van der Waals surface area contributed by atoms with Gasteiger partial charge in [-0.1, -0.05) is 41.6 Å². The smallest absolute Gasteiger partial charge is 0.251 e. The van der Waals surface area contributed by atoms with E-state index in [9.17, 15) is 4.79 Å². The number of benzene rings is 2. The molecule has 4 rings (SSSR count). The van der Waals surface area contributed by atoms with Crippen LogP contribution in [0.25, 0.3) is 22.2 Å². The minimum Gasteiger partial charge on any atom is -0.355 e. The van der Waals surface area contributed by atoms with Crippen LogP contribution in [0.5, 0.6) is 0 Å². The van der Waals surface area contributed by atoms with Crippen LogP contribution in [0, 0.1) is 0 Å². The fraction of sp³-hybridized carbons (Fsp3) is 0.0952. The first-order valence-corrected chi connectivity index (χ1v) is 8.43. The number of nitrogens with one attached hydrogen (secondary N) is 1. The first-order valence-electron chi connectivity index (χ1n) is 8.43. The van der Waals surface area contributed by atoms with E-state index in [2.05, 4.69) is 15.5 Å². The standard InChI is InChI=1S/C21H17N3O2/c25-21(23-12-10-15-5-4-11-22-14-15)17-8-9-19-18(13-17)20(26-24-19)16-6-2-1-3-7-16/h1-9,11,13-14H,10,12H2,(H,23,25). The zero-order chi connectivity index (χ0) is 17.8. The van der Waals surface area contributed by atoms with Gasteiger partial charge in [0.2, 0.25) is 0 Å². The molecule has 0 unspecified atom stereocenters. The van der Waals surface area contributed by atoms with E-state index in [0.717, 1.165) is 28.5 Å². The first kappa shape index (κ1) is 16.0. The highest BCUT2D eigenvalue weighted by molar-refractivity contribution is 6.00. The second-order valence-electron chi connectivity index (χ2n) is 5.98. The number of carbonyl (C=O) groups is 1. The monoisotopic (exact) mass is 343 g/mol. The molecule has 1 N–H and O–H groups in total. The summed E-state index contributed by atoms with van der Waals surface area (Å²) in [4.78, 5) is 16.5. The van der Waals surface area contributed by atoms with Crippen molar-refractivity contribution in [2.45, 2.75) is 6.42 Å². The Morgan fingerprint density at radius 1 is 1.04 bits per heavy atom. The fourth-order valence-electron chi connectivity index (χ4n) is 2.85. The Kier molecular flexibility index (Phi) is 4.43. The maximum absolute atomic E-state index is 12.5. The Labute approximate surface area is 150 Å². The maximum atomic E-state index is 12.5. The summed E-state index contributed by atoms with van der Waals surface area (Å²) in [7, 11) is 0. The third kappa shape index (κ3) is 3.32. The van der Waals surface area contributed by atoms with Gasteiger partial charge in [0.1, 0.15) is 5.52 Å². The van der Waals surface area contributed by atoms with Gasteiger partial charge in [0.05, 0.1) is 5.39 Å². The number of aromatic nitrogens is 2. The van der Waals surface area contributed by atoms with Gasteiger partial charge in [-0.25, -0.2) is 0 Å². The molecule has 0 fully saturated rings. The van der Waals surface area contributed by atoms with E-state index in [-0.39, 0.29) is 5.91 Å². The van der Waals surface area contributed by atoms with Gasteiger partial charge in [-0.2, -0.15) is 0 Å². The lowest BCUT2D eigenvalue weighted by Gasteiger charge is -2.05. The van der Waals surface area contributed by atoms with Crippen molar-refractivity contribution in [2.24, 2.45) is 0 Å². The molecule has 0 atom stereocenters. The minimum atomic E-state index is -0.115. The summed E-state index contributed by atoms with van der Waals surface area (Å²) < 4.78 is 5.49. The molecule has 128 valence electrons. The lowest BCUT2D eigenvalue weighted by Crippen LogP contribution is -2.25. The van der Waals surface area contributed by atoms with Crippen molar-refractivity contribution in [3.05, 3.63) is 84.2 Å². The summed E-state index contributed by atoms with van der Waals surface area (Å²) in [6.07, 6.45) is 4.28. The molecule has 5 nitrogen and oxygen atoms in total. The minimum absolute atomic E-state index is 0.115. The number of rotatable bonds is 5. The molecule has 0 saturated carbocycles. The summed E-state index contributed by atoms with van der Waals surface area (Å²) >= 11 is 0. The number of hydrogen-bond acceptors (Lipinski definition) is 4. The molecule has 0 radical (unpaired) electrons. The van der Waals surface area contributed by atoms with Gasteiger partial charge < -0.3 is 9.84 Å². The van der Waals surface area contributed by atoms with Gasteiger partial charge in [0.15, 0.2) is 5.76 Å². The number of fused-ring (bicyclic) bond motifs is 1. The van der Waals surface area contributed by atoms with E-state index in [4.69, 9.17) is 4.52 Å². The lowest BCUT2D eigenvalue weighted by atomic mass is 10.1. The van der Waals surface area contributed by atoms with Crippen LogP contribution >= 0.6 is 0 Å². The molecule has 0 bridgehead atoms. The van der Waals surface area contributed by atoms with Gasteiger partial charge >= 0.3 is 0 Å². The first-order chi connectivity index (χ1) is 12.8. The zero-order valence-electron chi connectivity index (χ0n) is 14.1. The predicted molar refractivity (Wildman–Crippen MR) is 99.7 cm³/mol. The quantitative estimate of drug-likeness (QED) is 0.597. The highest BCUT2D eigenvalue weighted by Gasteiger charge is 2.13. The van der Waals surface area contributed by atoms with Gasteiger partial charge in [-0.05, 0) is 36.2 Å². The van der Waals surface area contributed by atoms with Crippen LogP contribution in [-0.4, -0.2) is 22.6 Å².